The molecular weight excluding hydrogens is 295 g/mol. The van der Waals surface area contributed by atoms with E-state index in [1.807, 2.05) is 0 Å². The smallest absolute Gasteiger partial charge is 0.335 e. The molecule has 2 aromatic carbocycles. The molecule has 1 aromatic heterocycles. The van der Waals surface area contributed by atoms with Gasteiger partial charge in [0.15, 0.2) is 0 Å². The fourth-order valence-corrected chi connectivity index (χ4v) is 2.49. The number of aryl methyl sites for hydroxylation is 1. The Morgan fingerprint density at radius 3 is 2.76 bits per heavy atom. The number of aromatic nitrogens is 2. The van der Waals surface area contributed by atoms with Crippen molar-refractivity contribution in [3.63, 3.8) is 0 Å². The average Bonchev–Trinajstić information content (AvgIpc) is 2.76. The van der Waals surface area contributed by atoms with E-state index in [1.54, 1.807) is 17.6 Å². The molecule has 1 heterocycles. The van der Waals surface area contributed by atoms with E-state index in [0.29, 0.717) is 27.6 Å². The van der Waals surface area contributed by atoms with Crippen LogP contribution in [0.25, 0.3) is 16.7 Å². The highest BCUT2D eigenvalue weighted by molar-refractivity contribution is 6.32. The Labute approximate surface area is 124 Å². The highest BCUT2D eigenvalue weighted by Gasteiger charge is 2.14. The molecule has 3 aromatic rings. The van der Waals surface area contributed by atoms with Crippen molar-refractivity contribution in [3.8, 4) is 5.69 Å². The standard InChI is InChI=1S/C15H10ClFN2O2/c1-8-18-12-5-2-9(15(20)21)6-14(12)19(8)13-7-10(17)3-4-11(13)16/h2-7H,1H3,(H,20,21). The predicted octanol–water partition coefficient (Wildman–Crippen LogP) is 3.82. The van der Waals surface area contributed by atoms with Gasteiger partial charge in [-0.25, -0.2) is 14.2 Å². The van der Waals surface area contributed by atoms with E-state index in [0.717, 1.165) is 0 Å². The van der Waals surface area contributed by atoms with Crippen LogP contribution in [0.15, 0.2) is 36.4 Å². The quantitative estimate of drug-likeness (QED) is 0.783. The number of nitrogens with zero attached hydrogens (tertiary/aromatic N) is 2. The molecule has 0 amide bonds. The number of imidazole rings is 1. The Balaban J connectivity index is 2.35. The number of aromatic carboxylic acids is 1. The number of carboxylic acids is 1. The molecule has 0 aliphatic heterocycles. The molecule has 1 N–H and O–H groups in total. The van der Waals surface area contributed by atoms with Crippen LogP contribution in [0.4, 0.5) is 4.39 Å². The summed E-state index contributed by atoms with van der Waals surface area (Å²) in [6.45, 7) is 1.75. The SMILES string of the molecule is Cc1nc2ccc(C(=O)O)cc2n1-c1cc(F)ccc1Cl. The lowest BCUT2D eigenvalue weighted by atomic mass is 10.2. The second-order valence-corrected chi connectivity index (χ2v) is 5.01. The van der Waals surface area contributed by atoms with Crippen LogP contribution in [-0.2, 0) is 0 Å². The Morgan fingerprint density at radius 1 is 1.29 bits per heavy atom. The lowest BCUT2D eigenvalue weighted by Crippen LogP contribution is -2.00. The Hall–Kier alpha value is -2.40. The summed E-state index contributed by atoms with van der Waals surface area (Å²) >= 11 is 6.13. The highest BCUT2D eigenvalue weighted by Crippen LogP contribution is 2.28. The van der Waals surface area contributed by atoms with Crippen LogP contribution < -0.4 is 0 Å². The van der Waals surface area contributed by atoms with Crippen molar-refractivity contribution in [1.82, 2.24) is 9.55 Å². The van der Waals surface area contributed by atoms with Gasteiger partial charge in [-0.05, 0) is 43.3 Å². The zero-order chi connectivity index (χ0) is 15.1. The van der Waals surface area contributed by atoms with E-state index in [2.05, 4.69) is 4.98 Å². The summed E-state index contributed by atoms with van der Waals surface area (Å²) in [6, 6.07) is 8.62. The number of fused-ring (bicyclic) bond motifs is 1. The second-order valence-electron chi connectivity index (χ2n) is 4.60. The first-order chi connectivity index (χ1) is 9.97. The molecule has 0 bridgehead atoms. The van der Waals surface area contributed by atoms with Crippen molar-refractivity contribution in [2.24, 2.45) is 0 Å². The van der Waals surface area contributed by atoms with Crippen molar-refractivity contribution in [2.45, 2.75) is 6.92 Å². The van der Waals surface area contributed by atoms with Crippen LogP contribution in [0.1, 0.15) is 16.2 Å². The number of hydrogen-bond donors (Lipinski definition) is 1. The Kier molecular flexibility index (Phi) is 3.14. The molecule has 21 heavy (non-hydrogen) atoms. The van der Waals surface area contributed by atoms with Gasteiger partial charge in [0.2, 0.25) is 0 Å². The number of benzene rings is 2. The van der Waals surface area contributed by atoms with Crippen molar-refractivity contribution in [3.05, 3.63) is 58.6 Å². The summed E-state index contributed by atoms with van der Waals surface area (Å²) in [5.41, 5.74) is 1.76. The number of halogens is 2. The zero-order valence-corrected chi connectivity index (χ0v) is 11.7. The van der Waals surface area contributed by atoms with Crippen LogP contribution in [0.2, 0.25) is 5.02 Å². The maximum atomic E-state index is 13.5. The van der Waals surface area contributed by atoms with Gasteiger partial charge in [0.05, 0.1) is 27.3 Å². The maximum absolute atomic E-state index is 13.5. The fourth-order valence-electron chi connectivity index (χ4n) is 2.29. The van der Waals surface area contributed by atoms with Gasteiger partial charge in [-0.15, -0.1) is 0 Å². The lowest BCUT2D eigenvalue weighted by Gasteiger charge is -2.09. The third-order valence-corrected chi connectivity index (χ3v) is 3.54. The topological polar surface area (TPSA) is 55.1 Å². The fraction of sp³-hybridized carbons (Fsp3) is 0.0667. The molecule has 0 unspecified atom stereocenters. The molecule has 0 saturated heterocycles. The van der Waals surface area contributed by atoms with Gasteiger partial charge >= 0.3 is 5.97 Å². The Bertz CT molecular complexity index is 873. The third-order valence-electron chi connectivity index (χ3n) is 3.22. The van der Waals surface area contributed by atoms with Crippen molar-refractivity contribution in [2.75, 3.05) is 0 Å². The molecule has 0 aliphatic carbocycles. The largest absolute Gasteiger partial charge is 0.478 e. The summed E-state index contributed by atoms with van der Waals surface area (Å²) in [5, 5.41) is 9.46. The van der Waals surface area contributed by atoms with Gasteiger partial charge in [-0.2, -0.15) is 0 Å². The molecule has 106 valence electrons. The molecule has 0 atom stereocenters. The second kappa shape index (κ2) is 4.86. The molecule has 0 saturated carbocycles. The number of hydrogen-bond acceptors (Lipinski definition) is 2. The third kappa shape index (κ3) is 2.25. The minimum Gasteiger partial charge on any atom is -0.478 e. The predicted molar refractivity (Wildman–Crippen MR) is 77.7 cm³/mol. The van der Waals surface area contributed by atoms with Gasteiger partial charge in [0.1, 0.15) is 11.6 Å². The molecule has 4 nitrogen and oxygen atoms in total. The normalized spacial score (nSPS) is 11.0. The number of rotatable bonds is 2. The van der Waals surface area contributed by atoms with Gasteiger partial charge in [-0.1, -0.05) is 11.6 Å². The summed E-state index contributed by atoms with van der Waals surface area (Å²) in [6.07, 6.45) is 0. The molecule has 0 aliphatic rings. The first kappa shape index (κ1) is 13.6. The van der Waals surface area contributed by atoms with E-state index in [-0.39, 0.29) is 5.56 Å². The molecular formula is C15H10ClFN2O2. The van der Waals surface area contributed by atoms with E-state index in [4.69, 9.17) is 16.7 Å². The average molecular weight is 305 g/mol. The van der Waals surface area contributed by atoms with Gasteiger partial charge in [-0.3, -0.25) is 4.57 Å². The molecule has 3 rings (SSSR count). The number of carboxylic acid groups (broad SMARTS) is 1. The summed E-state index contributed by atoms with van der Waals surface area (Å²) in [4.78, 5) is 15.5. The molecule has 0 spiro atoms. The van der Waals surface area contributed by atoms with Crippen LogP contribution in [0.5, 0.6) is 0 Å². The van der Waals surface area contributed by atoms with E-state index >= 15 is 0 Å². The zero-order valence-electron chi connectivity index (χ0n) is 11.0. The first-order valence-electron chi connectivity index (χ1n) is 6.15. The van der Waals surface area contributed by atoms with Crippen molar-refractivity contribution >= 4 is 28.6 Å². The van der Waals surface area contributed by atoms with Crippen molar-refractivity contribution < 1.29 is 14.3 Å². The summed E-state index contributed by atoms with van der Waals surface area (Å²) in [7, 11) is 0. The highest BCUT2D eigenvalue weighted by atomic mass is 35.5. The number of carbonyl (C=O) groups is 1. The monoisotopic (exact) mass is 304 g/mol. The van der Waals surface area contributed by atoms with Gasteiger partial charge in [0.25, 0.3) is 0 Å². The summed E-state index contributed by atoms with van der Waals surface area (Å²) < 4.78 is 15.1. The minimum atomic E-state index is -1.03. The van der Waals surface area contributed by atoms with E-state index < -0.39 is 11.8 Å². The molecule has 6 heteroatoms. The summed E-state index contributed by atoms with van der Waals surface area (Å²) in [5.74, 6) is -0.863. The Morgan fingerprint density at radius 2 is 2.05 bits per heavy atom. The van der Waals surface area contributed by atoms with Gasteiger partial charge in [0, 0.05) is 0 Å². The van der Waals surface area contributed by atoms with Crippen LogP contribution in [0, 0.1) is 12.7 Å². The van der Waals surface area contributed by atoms with Crippen LogP contribution in [-0.4, -0.2) is 20.6 Å². The first-order valence-corrected chi connectivity index (χ1v) is 6.53. The minimum absolute atomic E-state index is 0.135. The van der Waals surface area contributed by atoms with Crippen molar-refractivity contribution in [1.29, 1.82) is 0 Å². The molecule has 0 radical (unpaired) electrons. The van der Waals surface area contributed by atoms with Gasteiger partial charge < -0.3 is 5.11 Å². The molecule has 0 fully saturated rings. The van der Waals surface area contributed by atoms with Crippen LogP contribution >= 0.6 is 11.6 Å². The maximum Gasteiger partial charge on any atom is 0.335 e. The van der Waals surface area contributed by atoms with E-state index in [9.17, 15) is 9.18 Å². The van der Waals surface area contributed by atoms with E-state index in [1.165, 1.54) is 30.3 Å². The van der Waals surface area contributed by atoms with Crippen LogP contribution in [0.3, 0.4) is 0 Å². The lowest BCUT2D eigenvalue weighted by molar-refractivity contribution is 0.0697.